The molecule has 1 aromatic heterocycles. The molecule has 0 unspecified atom stereocenters. The van der Waals surface area contributed by atoms with Crippen LogP contribution in [-0.2, 0) is 16.1 Å². The maximum absolute atomic E-state index is 12.8. The number of aromatic nitrogens is 2. The summed E-state index contributed by atoms with van der Waals surface area (Å²) in [5, 5.41) is 5.59. The van der Waals surface area contributed by atoms with Gasteiger partial charge in [-0.3, -0.25) is 9.48 Å². The summed E-state index contributed by atoms with van der Waals surface area (Å²) in [5.74, 6) is 0.170. The summed E-state index contributed by atoms with van der Waals surface area (Å²) < 4.78 is 7.51. The summed E-state index contributed by atoms with van der Waals surface area (Å²) in [6.07, 6.45) is 8.05. The first kappa shape index (κ1) is 15.6. The number of fused-ring (bicyclic) bond motifs is 1. The summed E-state index contributed by atoms with van der Waals surface area (Å²) in [6.45, 7) is 2.02. The van der Waals surface area contributed by atoms with E-state index >= 15 is 0 Å². The summed E-state index contributed by atoms with van der Waals surface area (Å²) in [5.41, 5.74) is 1.12. The smallest absolute Gasteiger partial charge is 0.244 e. The molecule has 2 aliphatic rings. The summed E-state index contributed by atoms with van der Waals surface area (Å²) >= 11 is 0. The molecular weight excluding hydrogens is 302 g/mol. The third kappa shape index (κ3) is 2.71. The molecule has 0 N–H and O–H groups in total. The number of hydrogen-bond donors (Lipinski definition) is 0. The number of piperidine rings is 1. The van der Waals surface area contributed by atoms with Gasteiger partial charge in [0.05, 0.1) is 11.6 Å². The van der Waals surface area contributed by atoms with Gasteiger partial charge in [0.1, 0.15) is 6.54 Å². The Balaban J connectivity index is 1.47. The molecule has 5 nitrogen and oxygen atoms in total. The van der Waals surface area contributed by atoms with E-state index in [-0.39, 0.29) is 11.3 Å². The molecule has 24 heavy (non-hydrogen) atoms. The normalized spacial score (nSPS) is 27.2. The number of carbonyl (C=O) groups is 1. The first-order valence-electron chi connectivity index (χ1n) is 8.93. The average molecular weight is 327 g/mol. The maximum atomic E-state index is 12.8. The molecule has 1 saturated heterocycles. The number of rotatable bonds is 3. The van der Waals surface area contributed by atoms with Crippen molar-refractivity contribution in [2.75, 3.05) is 20.2 Å². The number of carbonyl (C=O) groups excluding carboxylic acids is 1. The minimum Gasteiger partial charge on any atom is -0.381 e. The van der Waals surface area contributed by atoms with Crippen LogP contribution in [0.15, 0.2) is 30.5 Å². The molecule has 2 heterocycles. The van der Waals surface area contributed by atoms with E-state index in [1.807, 2.05) is 42.5 Å². The van der Waals surface area contributed by atoms with Crippen molar-refractivity contribution < 1.29 is 9.53 Å². The first-order valence-corrected chi connectivity index (χ1v) is 8.93. The molecule has 128 valence electrons. The lowest BCUT2D eigenvalue weighted by Crippen LogP contribution is -2.50. The molecule has 1 amide bonds. The second-order valence-corrected chi connectivity index (χ2v) is 7.28. The number of amides is 1. The molecule has 0 bridgehead atoms. The quantitative estimate of drug-likeness (QED) is 0.871. The number of nitrogens with zero attached hydrogens (tertiary/aromatic N) is 3. The largest absolute Gasteiger partial charge is 0.381 e. The lowest BCUT2D eigenvalue weighted by atomic mass is 9.76. The molecule has 1 aliphatic carbocycles. The van der Waals surface area contributed by atoms with Crippen LogP contribution in [0.1, 0.15) is 32.1 Å². The van der Waals surface area contributed by atoms with Gasteiger partial charge in [0.25, 0.3) is 0 Å². The second-order valence-electron chi connectivity index (χ2n) is 7.28. The van der Waals surface area contributed by atoms with Crippen molar-refractivity contribution in [2.24, 2.45) is 5.41 Å². The van der Waals surface area contributed by atoms with Crippen LogP contribution in [0.4, 0.5) is 0 Å². The van der Waals surface area contributed by atoms with Crippen LogP contribution in [0.25, 0.3) is 10.9 Å². The van der Waals surface area contributed by atoms with Gasteiger partial charge in [0.2, 0.25) is 5.91 Å². The van der Waals surface area contributed by atoms with Crippen molar-refractivity contribution in [1.29, 1.82) is 0 Å². The number of hydrogen-bond acceptors (Lipinski definition) is 3. The van der Waals surface area contributed by atoms with Gasteiger partial charge in [-0.05, 0) is 31.7 Å². The van der Waals surface area contributed by atoms with Gasteiger partial charge in [-0.25, -0.2) is 0 Å². The van der Waals surface area contributed by atoms with Crippen LogP contribution < -0.4 is 0 Å². The molecule has 2 atom stereocenters. The molecule has 0 radical (unpaired) electrons. The average Bonchev–Trinajstić information content (AvgIpc) is 3.18. The van der Waals surface area contributed by atoms with Crippen LogP contribution in [0.2, 0.25) is 0 Å². The zero-order chi connectivity index (χ0) is 16.6. The van der Waals surface area contributed by atoms with E-state index in [2.05, 4.69) is 5.10 Å². The fourth-order valence-corrected chi connectivity index (χ4v) is 4.65. The Bertz CT molecular complexity index is 708. The van der Waals surface area contributed by atoms with E-state index in [0.29, 0.717) is 12.6 Å². The Morgan fingerprint density at radius 2 is 2.17 bits per heavy atom. The third-order valence-corrected chi connectivity index (χ3v) is 5.83. The van der Waals surface area contributed by atoms with Crippen LogP contribution in [0, 0.1) is 5.41 Å². The Morgan fingerprint density at radius 1 is 1.33 bits per heavy atom. The van der Waals surface area contributed by atoms with E-state index in [0.717, 1.165) is 36.8 Å². The molecule has 1 aromatic carbocycles. The number of ether oxygens (including phenoxy) is 1. The van der Waals surface area contributed by atoms with Crippen LogP contribution >= 0.6 is 0 Å². The molecular formula is C19H25N3O2. The van der Waals surface area contributed by atoms with Gasteiger partial charge in [-0.1, -0.05) is 24.6 Å². The minimum absolute atomic E-state index is 0.170. The highest BCUT2D eigenvalue weighted by atomic mass is 16.5. The van der Waals surface area contributed by atoms with Crippen molar-refractivity contribution in [3.8, 4) is 0 Å². The van der Waals surface area contributed by atoms with Crippen molar-refractivity contribution in [1.82, 2.24) is 14.7 Å². The predicted octanol–water partition coefficient (Wildman–Crippen LogP) is 2.84. The highest BCUT2D eigenvalue weighted by molar-refractivity contribution is 5.80. The molecule has 2 aromatic rings. The zero-order valence-corrected chi connectivity index (χ0v) is 14.3. The summed E-state index contributed by atoms with van der Waals surface area (Å²) in [6, 6.07) is 7.98. The Hall–Kier alpha value is -1.88. The fourth-order valence-electron chi connectivity index (χ4n) is 4.65. The van der Waals surface area contributed by atoms with Gasteiger partial charge in [-0.15, -0.1) is 0 Å². The Kier molecular flexibility index (Phi) is 4.04. The Morgan fingerprint density at radius 3 is 3.00 bits per heavy atom. The van der Waals surface area contributed by atoms with Gasteiger partial charge in [0.15, 0.2) is 0 Å². The lowest BCUT2D eigenvalue weighted by molar-refractivity contribution is -0.138. The van der Waals surface area contributed by atoms with Crippen molar-refractivity contribution in [3.63, 3.8) is 0 Å². The zero-order valence-electron chi connectivity index (χ0n) is 14.3. The number of likely N-dealkylation sites (tertiary alicyclic amines) is 1. The first-order chi connectivity index (χ1) is 11.7. The highest BCUT2D eigenvalue weighted by Crippen LogP contribution is 2.46. The van der Waals surface area contributed by atoms with E-state index in [4.69, 9.17) is 4.74 Å². The molecule has 1 saturated carbocycles. The third-order valence-electron chi connectivity index (χ3n) is 5.83. The van der Waals surface area contributed by atoms with E-state index < -0.39 is 0 Å². The summed E-state index contributed by atoms with van der Waals surface area (Å²) in [7, 11) is 1.81. The monoisotopic (exact) mass is 327 g/mol. The summed E-state index contributed by atoms with van der Waals surface area (Å²) in [4.78, 5) is 14.8. The van der Waals surface area contributed by atoms with Gasteiger partial charge in [-0.2, -0.15) is 5.10 Å². The topological polar surface area (TPSA) is 47.4 Å². The van der Waals surface area contributed by atoms with Crippen molar-refractivity contribution in [3.05, 3.63) is 30.5 Å². The van der Waals surface area contributed by atoms with E-state index in [1.54, 1.807) is 4.68 Å². The predicted molar refractivity (Wildman–Crippen MR) is 92.6 cm³/mol. The van der Waals surface area contributed by atoms with E-state index in [1.165, 1.54) is 19.3 Å². The van der Waals surface area contributed by atoms with Gasteiger partial charge < -0.3 is 9.64 Å². The van der Waals surface area contributed by atoms with Gasteiger partial charge in [0, 0.05) is 37.2 Å². The van der Waals surface area contributed by atoms with Crippen LogP contribution in [0.5, 0.6) is 0 Å². The highest BCUT2D eigenvalue weighted by Gasteiger charge is 2.46. The van der Waals surface area contributed by atoms with Gasteiger partial charge >= 0.3 is 0 Å². The standard InChI is InChI=1S/C19H25N3O2/c1-24-17-8-4-9-19(17)10-5-11-21(14-19)18(23)13-22-12-15-6-2-3-7-16(15)20-22/h2-3,6-7,12,17H,4-5,8-11,13-14H2,1H3/t17-,19+/m1/s1. The molecule has 2 fully saturated rings. The lowest BCUT2D eigenvalue weighted by Gasteiger charge is -2.43. The number of benzene rings is 1. The fraction of sp³-hybridized carbons (Fsp3) is 0.579. The molecule has 1 spiro atoms. The van der Waals surface area contributed by atoms with E-state index in [9.17, 15) is 4.79 Å². The van der Waals surface area contributed by atoms with Crippen LogP contribution in [-0.4, -0.2) is 46.9 Å². The SMILES string of the molecule is CO[C@@H]1CCC[C@@]12CCCN(C(=O)Cn1cc3ccccc3n1)C2. The van der Waals surface area contributed by atoms with Crippen molar-refractivity contribution >= 4 is 16.8 Å². The minimum atomic E-state index is 0.170. The van der Waals surface area contributed by atoms with Crippen LogP contribution in [0.3, 0.4) is 0 Å². The molecule has 1 aliphatic heterocycles. The second kappa shape index (κ2) is 6.20. The van der Waals surface area contributed by atoms with Crippen molar-refractivity contribution in [2.45, 2.75) is 44.8 Å². The number of methoxy groups -OCH3 is 1. The Labute approximate surface area is 142 Å². The molecule has 5 heteroatoms. The maximum Gasteiger partial charge on any atom is 0.244 e. The molecule has 4 rings (SSSR count).